The van der Waals surface area contributed by atoms with Crippen LogP contribution in [0.1, 0.15) is 44.2 Å². The molecule has 204 valence electrons. The molecule has 0 bridgehead atoms. The average Bonchev–Trinajstić information content (AvgIpc) is 2.90. The lowest BCUT2D eigenvalue weighted by Crippen LogP contribution is -2.37. The fourth-order valence-corrected chi connectivity index (χ4v) is 4.61. The van der Waals surface area contributed by atoms with Gasteiger partial charge in [-0.15, -0.1) is 0 Å². The summed E-state index contributed by atoms with van der Waals surface area (Å²) in [5, 5.41) is 9.27. The van der Waals surface area contributed by atoms with Crippen LogP contribution >= 0.6 is 11.8 Å². The molecule has 2 aromatic rings. The summed E-state index contributed by atoms with van der Waals surface area (Å²) in [6, 6.07) is 17.3. The quantitative estimate of drug-likeness (QED) is 0.233. The molecule has 0 fully saturated rings. The molecule has 37 heavy (non-hydrogen) atoms. The number of unbranched alkanes of at least 4 members (excludes halogenated alkanes) is 2. The largest absolute Gasteiger partial charge is 0.492 e. The third-order valence-corrected chi connectivity index (χ3v) is 6.78. The fourth-order valence-electron chi connectivity index (χ4n) is 3.65. The van der Waals surface area contributed by atoms with Crippen molar-refractivity contribution in [2.24, 2.45) is 0 Å². The van der Waals surface area contributed by atoms with Crippen LogP contribution in [0.25, 0.3) is 0 Å². The Kier molecular flexibility index (Phi) is 15.3. The number of thioether (sulfide) groups is 1. The van der Waals surface area contributed by atoms with Gasteiger partial charge in [-0.05, 0) is 42.4 Å². The highest BCUT2D eigenvalue weighted by Gasteiger charge is 2.18. The van der Waals surface area contributed by atoms with E-state index in [2.05, 4.69) is 6.92 Å². The van der Waals surface area contributed by atoms with Crippen LogP contribution in [0.2, 0.25) is 0 Å². The minimum absolute atomic E-state index is 0.294. The first-order valence-electron chi connectivity index (χ1n) is 13.1. The number of carboxylic acid groups (broad SMARTS) is 1. The molecule has 0 heterocycles. The molecule has 0 saturated carbocycles. The number of carbonyl (C=O) groups excluding carboxylic acids is 1. The molecule has 0 saturated heterocycles. The molecule has 2 rings (SSSR count). The Morgan fingerprint density at radius 2 is 1.68 bits per heavy atom. The summed E-state index contributed by atoms with van der Waals surface area (Å²) in [7, 11) is 0. The molecule has 2 aromatic carbocycles. The Morgan fingerprint density at radius 1 is 0.919 bits per heavy atom. The minimum Gasteiger partial charge on any atom is -0.492 e. The lowest BCUT2D eigenvalue weighted by molar-refractivity contribution is -0.149. The van der Waals surface area contributed by atoms with E-state index in [0.717, 1.165) is 22.6 Å². The van der Waals surface area contributed by atoms with Gasteiger partial charge in [-0.1, -0.05) is 62.2 Å². The van der Waals surface area contributed by atoms with Gasteiger partial charge in [0.1, 0.15) is 12.4 Å². The van der Waals surface area contributed by atoms with Crippen LogP contribution in [0.3, 0.4) is 0 Å². The van der Waals surface area contributed by atoms with Crippen molar-refractivity contribution in [3.8, 4) is 5.75 Å². The van der Waals surface area contributed by atoms with Gasteiger partial charge in [0.25, 0.3) is 0 Å². The Bertz CT molecular complexity index is 893. The van der Waals surface area contributed by atoms with Crippen molar-refractivity contribution < 1.29 is 28.9 Å². The van der Waals surface area contributed by atoms with Crippen LogP contribution in [0, 0.1) is 0 Å². The van der Waals surface area contributed by atoms with E-state index >= 15 is 0 Å². The Morgan fingerprint density at radius 3 is 2.35 bits per heavy atom. The van der Waals surface area contributed by atoms with Gasteiger partial charge in [0, 0.05) is 31.7 Å². The Labute approximate surface area is 225 Å². The molecule has 1 amide bonds. The zero-order valence-corrected chi connectivity index (χ0v) is 22.9. The second-order valence-electron chi connectivity index (χ2n) is 8.64. The van der Waals surface area contributed by atoms with E-state index in [1.54, 1.807) is 11.8 Å². The lowest BCUT2D eigenvalue weighted by atomic mass is 10.1. The van der Waals surface area contributed by atoms with Crippen molar-refractivity contribution in [3.05, 3.63) is 65.7 Å². The van der Waals surface area contributed by atoms with Crippen molar-refractivity contribution in [1.82, 2.24) is 4.90 Å². The second-order valence-corrected chi connectivity index (χ2v) is 9.86. The summed E-state index contributed by atoms with van der Waals surface area (Å²) in [4.78, 5) is 25.8. The van der Waals surface area contributed by atoms with E-state index in [1.165, 1.54) is 19.3 Å². The predicted octanol–water partition coefficient (Wildman–Crippen LogP) is 5.70. The second kappa shape index (κ2) is 18.5. The summed E-state index contributed by atoms with van der Waals surface area (Å²) in [6.45, 7) is 6.03. The van der Waals surface area contributed by atoms with Gasteiger partial charge in [0.2, 0.25) is 0 Å². The van der Waals surface area contributed by atoms with Crippen LogP contribution in [0.4, 0.5) is 4.79 Å². The van der Waals surface area contributed by atoms with E-state index in [-0.39, 0.29) is 6.09 Å². The molecule has 0 aliphatic rings. The van der Waals surface area contributed by atoms with E-state index in [4.69, 9.17) is 14.2 Å². The monoisotopic (exact) mass is 531 g/mol. The van der Waals surface area contributed by atoms with Gasteiger partial charge in [0.15, 0.2) is 6.10 Å². The maximum absolute atomic E-state index is 12.8. The Hall–Kier alpha value is -2.71. The van der Waals surface area contributed by atoms with Crippen molar-refractivity contribution in [3.63, 3.8) is 0 Å². The Balaban J connectivity index is 1.82. The van der Waals surface area contributed by atoms with Crippen LogP contribution in [0.5, 0.6) is 5.75 Å². The summed E-state index contributed by atoms with van der Waals surface area (Å²) in [6.07, 6.45) is 3.42. The molecule has 0 aliphatic carbocycles. The van der Waals surface area contributed by atoms with Crippen molar-refractivity contribution >= 4 is 23.8 Å². The first-order chi connectivity index (χ1) is 18.0. The summed E-state index contributed by atoms with van der Waals surface area (Å²) in [5.41, 5.74) is 1.99. The molecule has 1 N–H and O–H groups in total. The number of benzene rings is 2. The zero-order valence-electron chi connectivity index (χ0n) is 22.1. The standard InChI is InChI=1S/C29H41NO6S/c1-3-5-9-21-37-22-18-30(29(33)36-19-16-24-10-7-6-8-11-24)17-20-35-26-14-12-25(13-15-26)23-27(28(31)32)34-4-2/h6-8,10-15,27H,3-5,9,16-23H2,1-2H3,(H,31,32). The van der Waals surface area contributed by atoms with Gasteiger partial charge < -0.3 is 24.2 Å². The maximum atomic E-state index is 12.8. The zero-order chi connectivity index (χ0) is 26.7. The SMILES string of the molecule is CCCCCSCCN(CCOc1ccc(CC(OCC)C(=O)O)cc1)C(=O)OCCc1ccccc1. The van der Waals surface area contributed by atoms with Gasteiger partial charge in [-0.25, -0.2) is 9.59 Å². The third kappa shape index (κ3) is 12.9. The molecule has 0 radical (unpaired) electrons. The molecule has 1 atom stereocenters. The number of amides is 1. The average molecular weight is 532 g/mol. The molecular formula is C29H41NO6S. The highest BCUT2D eigenvalue weighted by Crippen LogP contribution is 2.15. The van der Waals surface area contributed by atoms with Crippen LogP contribution in [-0.2, 0) is 27.1 Å². The number of rotatable bonds is 19. The van der Waals surface area contributed by atoms with Crippen LogP contribution in [0.15, 0.2) is 54.6 Å². The first-order valence-corrected chi connectivity index (χ1v) is 14.3. The highest BCUT2D eigenvalue weighted by atomic mass is 32.2. The van der Waals surface area contributed by atoms with Gasteiger partial charge >= 0.3 is 12.1 Å². The molecular weight excluding hydrogens is 490 g/mol. The molecule has 1 unspecified atom stereocenters. The number of carbonyl (C=O) groups is 2. The van der Waals surface area contributed by atoms with Gasteiger partial charge in [-0.3, -0.25) is 0 Å². The van der Waals surface area contributed by atoms with Gasteiger partial charge in [-0.2, -0.15) is 11.8 Å². The smallest absolute Gasteiger partial charge is 0.409 e. The highest BCUT2D eigenvalue weighted by molar-refractivity contribution is 7.99. The topological polar surface area (TPSA) is 85.3 Å². The number of carboxylic acids is 1. The van der Waals surface area contributed by atoms with Crippen molar-refractivity contribution in [2.75, 3.05) is 44.4 Å². The normalized spacial score (nSPS) is 11.6. The molecule has 7 nitrogen and oxygen atoms in total. The predicted molar refractivity (Wildman–Crippen MR) is 149 cm³/mol. The number of hydrogen-bond acceptors (Lipinski definition) is 6. The number of aliphatic carboxylic acids is 1. The van der Waals surface area contributed by atoms with E-state index in [9.17, 15) is 14.7 Å². The number of nitrogens with zero attached hydrogens (tertiary/aromatic N) is 1. The molecule has 8 heteroatoms. The summed E-state index contributed by atoms with van der Waals surface area (Å²) >= 11 is 1.86. The van der Waals surface area contributed by atoms with E-state index in [0.29, 0.717) is 51.5 Å². The first kappa shape index (κ1) is 30.5. The molecule has 0 aliphatic heterocycles. The van der Waals surface area contributed by atoms with Crippen molar-refractivity contribution in [2.45, 2.75) is 52.1 Å². The molecule has 0 aromatic heterocycles. The van der Waals surface area contributed by atoms with Crippen LogP contribution in [-0.4, -0.2) is 72.6 Å². The molecule has 0 spiro atoms. The lowest BCUT2D eigenvalue weighted by Gasteiger charge is -2.22. The summed E-state index contributed by atoms with van der Waals surface area (Å²) < 4.78 is 16.7. The minimum atomic E-state index is -0.971. The van der Waals surface area contributed by atoms with Gasteiger partial charge in [0.05, 0.1) is 13.2 Å². The van der Waals surface area contributed by atoms with Crippen LogP contribution < -0.4 is 4.74 Å². The fraction of sp³-hybridized carbons (Fsp3) is 0.517. The number of hydrogen-bond donors (Lipinski definition) is 1. The van der Waals surface area contributed by atoms with Crippen molar-refractivity contribution in [1.29, 1.82) is 0 Å². The number of ether oxygens (including phenoxy) is 3. The van der Waals surface area contributed by atoms with E-state index in [1.807, 2.05) is 66.4 Å². The maximum Gasteiger partial charge on any atom is 0.409 e. The van der Waals surface area contributed by atoms with E-state index < -0.39 is 12.1 Å². The summed E-state index contributed by atoms with van der Waals surface area (Å²) in [5.74, 6) is 1.65. The third-order valence-electron chi connectivity index (χ3n) is 5.73.